The fourth-order valence-electron chi connectivity index (χ4n) is 4.42. The van der Waals surface area contributed by atoms with Crippen LogP contribution in [0, 0.1) is 0 Å². The number of pyridine rings is 1. The van der Waals surface area contributed by atoms with Crippen LogP contribution in [0.1, 0.15) is 61.0 Å². The average Bonchev–Trinajstić information content (AvgIpc) is 3.29. The van der Waals surface area contributed by atoms with Crippen LogP contribution in [0.15, 0.2) is 79.3 Å². The molecule has 0 aliphatic rings. The van der Waals surface area contributed by atoms with Gasteiger partial charge >= 0.3 is 0 Å². The summed E-state index contributed by atoms with van der Waals surface area (Å²) in [5.41, 5.74) is 5.32. The molecular formula is C30H31BN4O2. The zero-order valence-corrected chi connectivity index (χ0v) is 21.1. The Labute approximate surface area is 219 Å². The second-order valence-corrected chi connectivity index (χ2v) is 9.16. The second-order valence-electron chi connectivity index (χ2n) is 9.16. The third kappa shape index (κ3) is 7.26. The second kappa shape index (κ2) is 12.8. The number of fused-ring (bicyclic) bond motifs is 1. The fourth-order valence-corrected chi connectivity index (χ4v) is 4.42. The lowest BCUT2D eigenvalue weighted by Crippen LogP contribution is -2.12. The lowest BCUT2D eigenvalue weighted by Gasteiger charge is -2.17. The molecule has 1 N–H and O–H groups in total. The van der Waals surface area contributed by atoms with Gasteiger partial charge in [0.25, 0.3) is 0 Å². The number of hydrogen-bond donors (Lipinski definition) is 1. The fraction of sp³-hybridized carbons (Fsp3) is 0.267. The number of aryl methyl sites for hydroxylation is 2. The summed E-state index contributed by atoms with van der Waals surface area (Å²) in [6.45, 7) is 2.17. The summed E-state index contributed by atoms with van der Waals surface area (Å²) in [6.07, 6.45) is 17.4. The molecular weight excluding hydrogens is 459 g/mol. The van der Waals surface area contributed by atoms with Gasteiger partial charge in [0.2, 0.25) is 0 Å². The largest absolute Gasteiger partial charge is 0.508 e. The predicted molar refractivity (Wildman–Crippen MR) is 148 cm³/mol. The van der Waals surface area contributed by atoms with Crippen LogP contribution in [0.2, 0.25) is 0 Å². The van der Waals surface area contributed by atoms with E-state index < -0.39 is 0 Å². The van der Waals surface area contributed by atoms with Crippen molar-refractivity contribution in [2.75, 3.05) is 0 Å². The van der Waals surface area contributed by atoms with Gasteiger partial charge in [-0.2, -0.15) is 5.10 Å². The minimum atomic E-state index is -0.0837. The molecule has 3 heterocycles. The van der Waals surface area contributed by atoms with Gasteiger partial charge in [-0.05, 0) is 85.1 Å². The maximum Gasteiger partial charge on any atom is 0.178 e. The highest BCUT2D eigenvalue weighted by Gasteiger charge is 2.16. The Kier molecular flexibility index (Phi) is 9.03. The maximum absolute atomic E-state index is 12.3. The average molecular weight is 490 g/mol. The van der Waals surface area contributed by atoms with Crippen molar-refractivity contribution in [1.29, 1.82) is 0 Å². The van der Waals surface area contributed by atoms with Crippen LogP contribution < -0.4 is 5.46 Å². The molecule has 0 spiro atoms. The highest BCUT2D eigenvalue weighted by molar-refractivity contribution is 6.36. The molecule has 6 nitrogen and oxygen atoms in total. The molecule has 1 aromatic carbocycles. The Balaban J connectivity index is 1.44. The van der Waals surface area contributed by atoms with E-state index >= 15 is 0 Å². The van der Waals surface area contributed by atoms with E-state index in [1.165, 1.54) is 11.6 Å². The zero-order chi connectivity index (χ0) is 26.0. The van der Waals surface area contributed by atoms with Gasteiger partial charge in [0.1, 0.15) is 19.2 Å². The molecule has 0 saturated carbocycles. The van der Waals surface area contributed by atoms with E-state index in [2.05, 4.69) is 29.1 Å². The van der Waals surface area contributed by atoms with Gasteiger partial charge in [0, 0.05) is 35.9 Å². The molecule has 0 aliphatic heterocycles. The Bertz CT molecular complexity index is 1400. The number of phenolic OH excluding ortho intramolecular Hbond substituents is 1. The van der Waals surface area contributed by atoms with Gasteiger partial charge in [0.15, 0.2) is 5.78 Å². The third-order valence-electron chi connectivity index (χ3n) is 6.31. The van der Waals surface area contributed by atoms with E-state index in [4.69, 9.17) is 12.8 Å². The lowest BCUT2D eigenvalue weighted by atomic mass is 9.92. The SMILES string of the molecule is [B]c1cnn2c(CCc3cccnc3)cc(C(CCC)CC/C=C\C(=O)/C=C/c3cccc(O)c3)nc12. The molecule has 0 bridgehead atoms. The van der Waals surface area contributed by atoms with Crippen LogP contribution in [-0.4, -0.2) is 38.3 Å². The Morgan fingerprint density at radius 3 is 2.78 bits per heavy atom. The van der Waals surface area contributed by atoms with Gasteiger partial charge in [-0.15, -0.1) is 0 Å². The molecule has 2 radical (unpaired) electrons. The number of rotatable bonds is 12. The van der Waals surface area contributed by atoms with Crippen molar-refractivity contribution in [3.63, 3.8) is 0 Å². The first-order valence-corrected chi connectivity index (χ1v) is 12.7. The summed E-state index contributed by atoms with van der Waals surface area (Å²) >= 11 is 0. The standard InChI is InChI=1S/C30H31BN4O2/c1-2-7-24(10-3-4-11-26(36)16-14-22-8-5-12-27(37)18-22)29-19-25(15-13-23-9-6-17-32-20-23)35-30(34-29)28(31)21-33-35/h4-6,8-9,11-12,14,16-21,24,37H,2-3,7,10,13,15H2,1H3/b11-4-,16-14+. The number of aromatic nitrogens is 4. The smallest absolute Gasteiger partial charge is 0.178 e. The summed E-state index contributed by atoms with van der Waals surface area (Å²) in [4.78, 5) is 21.4. The normalized spacial score (nSPS) is 12.6. The topological polar surface area (TPSA) is 80.4 Å². The number of carbonyl (C=O) groups is 1. The van der Waals surface area contributed by atoms with Crippen molar-refractivity contribution >= 4 is 30.8 Å². The predicted octanol–water partition coefficient (Wildman–Crippen LogP) is 4.91. The van der Waals surface area contributed by atoms with E-state index in [-0.39, 0.29) is 17.5 Å². The summed E-state index contributed by atoms with van der Waals surface area (Å²) in [5.74, 6) is 0.348. The number of aromatic hydroxyl groups is 1. The van der Waals surface area contributed by atoms with Crippen LogP contribution in [-0.2, 0) is 17.6 Å². The van der Waals surface area contributed by atoms with Gasteiger partial charge in [-0.1, -0.05) is 43.7 Å². The highest BCUT2D eigenvalue weighted by Crippen LogP contribution is 2.27. The Morgan fingerprint density at radius 1 is 1.11 bits per heavy atom. The first kappa shape index (κ1) is 26.1. The first-order chi connectivity index (χ1) is 18.0. The molecule has 3 aromatic heterocycles. The summed E-state index contributed by atoms with van der Waals surface area (Å²) in [7, 11) is 6.20. The van der Waals surface area contributed by atoms with Crippen molar-refractivity contribution in [1.82, 2.24) is 19.6 Å². The minimum absolute atomic E-state index is 0.0837. The van der Waals surface area contributed by atoms with Crippen molar-refractivity contribution < 1.29 is 9.90 Å². The summed E-state index contributed by atoms with van der Waals surface area (Å²) in [6, 6.07) is 13.0. The van der Waals surface area contributed by atoms with Crippen LogP contribution in [0.4, 0.5) is 0 Å². The monoisotopic (exact) mass is 490 g/mol. The Morgan fingerprint density at radius 2 is 2.00 bits per heavy atom. The number of benzene rings is 1. The molecule has 1 unspecified atom stereocenters. The van der Waals surface area contributed by atoms with Crippen LogP contribution in [0.5, 0.6) is 5.75 Å². The van der Waals surface area contributed by atoms with Gasteiger partial charge in [-0.3, -0.25) is 9.78 Å². The van der Waals surface area contributed by atoms with Crippen LogP contribution in [0.25, 0.3) is 11.7 Å². The number of allylic oxidation sites excluding steroid dienone is 3. The van der Waals surface area contributed by atoms with E-state index in [0.29, 0.717) is 11.1 Å². The number of ketones is 1. The molecule has 37 heavy (non-hydrogen) atoms. The zero-order valence-electron chi connectivity index (χ0n) is 21.1. The molecule has 186 valence electrons. The molecule has 4 rings (SSSR count). The van der Waals surface area contributed by atoms with E-state index in [0.717, 1.165) is 55.5 Å². The molecule has 0 saturated heterocycles. The third-order valence-corrected chi connectivity index (χ3v) is 6.31. The van der Waals surface area contributed by atoms with Gasteiger partial charge in [-0.25, -0.2) is 9.50 Å². The van der Waals surface area contributed by atoms with Gasteiger partial charge < -0.3 is 5.11 Å². The molecule has 1 atom stereocenters. The maximum atomic E-state index is 12.3. The van der Waals surface area contributed by atoms with Crippen LogP contribution in [0.3, 0.4) is 0 Å². The molecule has 7 heteroatoms. The summed E-state index contributed by atoms with van der Waals surface area (Å²) < 4.78 is 1.84. The van der Waals surface area contributed by atoms with Crippen LogP contribution >= 0.6 is 0 Å². The number of nitrogens with zero attached hydrogens (tertiary/aromatic N) is 4. The van der Waals surface area contributed by atoms with E-state index in [1.807, 2.05) is 28.9 Å². The number of carbonyl (C=O) groups excluding carboxylic acids is 1. The minimum Gasteiger partial charge on any atom is -0.508 e. The summed E-state index contributed by atoms with van der Waals surface area (Å²) in [5, 5.41) is 14.0. The molecule has 0 aliphatic carbocycles. The van der Waals surface area contributed by atoms with E-state index in [9.17, 15) is 9.90 Å². The van der Waals surface area contributed by atoms with Crippen molar-refractivity contribution in [3.05, 3.63) is 102 Å². The van der Waals surface area contributed by atoms with Gasteiger partial charge in [0.05, 0.1) is 0 Å². The van der Waals surface area contributed by atoms with Crippen molar-refractivity contribution in [3.8, 4) is 5.75 Å². The molecule has 4 aromatic rings. The first-order valence-electron chi connectivity index (χ1n) is 12.7. The number of hydrogen-bond acceptors (Lipinski definition) is 5. The van der Waals surface area contributed by atoms with Crippen molar-refractivity contribution in [2.45, 2.75) is 51.4 Å². The lowest BCUT2D eigenvalue weighted by molar-refractivity contribution is -0.110. The molecule has 0 amide bonds. The quantitative estimate of drug-likeness (QED) is 0.226. The highest BCUT2D eigenvalue weighted by atomic mass is 16.3. The number of phenols is 1. The molecule has 0 fully saturated rings. The van der Waals surface area contributed by atoms with Crippen molar-refractivity contribution in [2.24, 2.45) is 0 Å². The Hall–Kier alpha value is -4.00. The van der Waals surface area contributed by atoms with E-state index in [1.54, 1.807) is 42.7 Å².